The summed E-state index contributed by atoms with van der Waals surface area (Å²) in [6, 6.07) is 8.89. The number of carboxylic acid groups (broad SMARTS) is 1. The molecule has 0 saturated carbocycles. The maximum absolute atomic E-state index is 12.6. The van der Waals surface area contributed by atoms with Crippen LogP contribution >= 0.6 is 11.8 Å². The van der Waals surface area contributed by atoms with Crippen molar-refractivity contribution in [2.24, 2.45) is 0 Å². The van der Waals surface area contributed by atoms with Crippen LogP contribution in [0.4, 0.5) is 4.79 Å². The van der Waals surface area contributed by atoms with E-state index in [2.05, 4.69) is 0 Å². The first-order valence-electron chi connectivity index (χ1n) is 7.97. The van der Waals surface area contributed by atoms with Gasteiger partial charge in [0, 0.05) is 11.2 Å². The highest BCUT2D eigenvalue weighted by atomic mass is 32.2. The van der Waals surface area contributed by atoms with Gasteiger partial charge in [-0.25, -0.2) is 9.59 Å². The second-order valence-electron chi connectivity index (χ2n) is 7.49. The number of nitrogens with zero attached hydrogens (tertiary/aromatic N) is 1. The van der Waals surface area contributed by atoms with Gasteiger partial charge in [0.25, 0.3) is 0 Å². The molecule has 1 aromatic rings. The monoisotopic (exact) mass is 351 g/mol. The predicted molar refractivity (Wildman–Crippen MR) is 95.1 cm³/mol. The molecule has 132 valence electrons. The van der Waals surface area contributed by atoms with Crippen LogP contribution in [-0.2, 0) is 16.0 Å². The van der Waals surface area contributed by atoms with Gasteiger partial charge in [-0.15, -0.1) is 11.8 Å². The topological polar surface area (TPSA) is 66.8 Å². The van der Waals surface area contributed by atoms with Crippen molar-refractivity contribution < 1.29 is 19.4 Å². The standard InChI is InChI=1S/C18H25NO4S/c1-17(2,3)23-15(20)14-18(4,5)24-13(19(14)16(21)22)11-12-9-7-6-8-10-12/h6-10,13-14H,11H2,1-5H3,(H,21,22). The lowest BCUT2D eigenvalue weighted by molar-refractivity contribution is -0.161. The van der Waals surface area contributed by atoms with E-state index >= 15 is 0 Å². The van der Waals surface area contributed by atoms with Gasteiger partial charge < -0.3 is 9.84 Å². The Balaban J connectivity index is 2.29. The summed E-state index contributed by atoms with van der Waals surface area (Å²) < 4.78 is 4.92. The van der Waals surface area contributed by atoms with Crippen molar-refractivity contribution in [1.29, 1.82) is 0 Å². The van der Waals surface area contributed by atoms with Crippen LogP contribution in [0, 0.1) is 0 Å². The number of thioether (sulfide) groups is 1. The Labute approximate surface area is 147 Å². The molecule has 1 amide bonds. The van der Waals surface area contributed by atoms with E-state index in [4.69, 9.17) is 4.74 Å². The Hall–Kier alpha value is -1.69. The fourth-order valence-electron chi connectivity index (χ4n) is 2.92. The van der Waals surface area contributed by atoms with E-state index < -0.39 is 28.5 Å². The van der Waals surface area contributed by atoms with Gasteiger partial charge in [-0.05, 0) is 40.2 Å². The van der Waals surface area contributed by atoms with Gasteiger partial charge in [0.15, 0.2) is 0 Å². The SMILES string of the molecule is CC(C)(C)OC(=O)C1N(C(=O)O)C(Cc2ccccc2)SC1(C)C. The lowest BCUT2D eigenvalue weighted by atomic mass is 10.0. The molecule has 0 bridgehead atoms. The average molecular weight is 351 g/mol. The van der Waals surface area contributed by atoms with Crippen LogP contribution in [0.5, 0.6) is 0 Å². The quantitative estimate of drug-likeness (QED) is 0.840. The van der Waals surface area contributed by atoms with E-state index in [-0.39, 0.29) is 5.37 Å². The fourth-order valence-corrected chi connectivity index (χ4v) is 4.56. The van der Waals surface area contributed by atoms with Gasteiger partial charge in [-0.1, -0.05) is 30.3 Å². The minimum Gasteiger partial charge on any atom is -0.465 e. The second-order valence-corrected chi connectivity index (χ2v) is 9.32. The molecule has 0 radical (unpaired) electrons. The van der Waals surface area contributed by atoms with Crippen LogP contribution in [0.15, 0.2) is 30.3 Å². The molecule has 1 heterocycles. The van der Waals surface area contributed by atoms with Crippen molar-refractivity contribution in [3.05, 3.63) is 35.9 Å². The Bertz CT molecular complexity index is 609. The molecule has 1 aromatic carbocycles. The third-order valence-corrected chi connectivity index (χ3v) is 5.29. The second kappa shape index (κ2) is 6.67. The summed E-state index contributed by atoms with van der Waals surface area (Å²) in [5.74, 6) is -0.488. The first-order valence-corrected chi connectivity index (χ1v) is 8.85. The molecule has 1 aliphatic heterocycles. The lowest BCUT2D eigenvalue weighted by Gasteiger charge is -2.31. The zero-order valence-electron chi connectivity index (χ0n) is 14.8. The highest BCUT2D eigenvalue weighted by molar-refractivity contribution is 8.01. The van der Waals surface area contributed by atoms with Crippen molar-refractivity contribution in [2.75, 3.05) is 0 Å². The van der Waals surface area contributed by atoms with Crippen LogP contribution in [-0.4, -0.2) is 43.8 Å². The minimum absolute atomic E-state index is 0.322. The molecule has 2 atom stereocenters. The van der Waals surface area contributed by atoms with Crippen molar-refractivity contribution in [2.45, 2.75) is 62.8 Å². The number of rotatable bonds is 3. The molecule has 5 nitrogen and oxygen atoms in total. The Morgan fingerprint density at radius 1 is 1.25 bits per heavy atom. The van der Waals surface area contributed by atoms with Gasteiger partial charge >= 0.3 is 12.1 Å². The van der Waals surface area contributed by atoms with Crippen LogP contribution in [0.3, 0.4) is 0 Å². The van der Waals surface area contributed by atoms with Gasteiger partial charge in [-0.3, -0.25) is 4.90 Å². The van der Waals surface area contributed by atoms with Crippen LogP contribution in [0.25, 0.3) is 0 Å². The molecule has 0 aliphatic carbocycles. The number of esters is 1. The van der Waals surface area contributed by atoms with Crippen LogP contribution in [0.1, 0.15) is 40.2 Å². The van der Waals surface area contributed by atoms with E-state index in [1.165, 1.54) is 16.7 Å². The van der Waals surface area contributed by atoms with Crippen molar-refractivity contribution >= 4 is 23.8 Å². The summed E-state index contributed by atoms with van der Waals surface area (Å²) in [4.78, 5) is 25.8. The molecule has 0 spiro atoms. The highest BCUT2D eigenvalue weighted by Crippen LogP contribution is 2.46. The molecular weight excluding hydrogens is 326 g/mol. The molecule has 2 unspecified atom stereocenters. The van der Waals surface area contributed by atoms with Crippen LogP contribution in [0.2, 0.25) is 0 Å². The minimum atomic E-state index is -1.09. The third-order valence-electron chi connectivity index (χ3n) is 3.79. The maximum Gasteiger partial charge on any atom is 0.409 e. The number of benzene rings is 1. The predicted octanol–water partition coefficient (Wildman–Crippen LogP) is 3.77. The van der Waals surface area contributed by atoms with Crippen molar-refractivity contribution in [3.63, 3.8) is 0 Å². The lowest BCUT2D eigenvalue weighted by Crippen LogP contribution is -2.52. The van der Waals surface area contributed by atoms with E-state index in [1.54, 1.807) is 20.8 Å². The molecule has 0 aromatic heterocycles. The van der Waals surface area contributed by atoms with E-state index in [9.17, 15) is 14.7 Å². The number of carbonyl (C=O) groups is 2. The zero-order valence-corrected chi connectivity index (χ0v) is 15.6. The molecule has 24 heavy (non-hydrogen) atoms. The fraction of sp³-hybridized carbons (Fsp3) is 0.556. The molecule has 6 heteroatoms. The van der Waals surface area contributed by atoms with Crippen LogP contribution < -0.4 is 0 Å². The summed E-state index contributed by atoms with van der Waals surface area (Å²) >= 11 is 1.51. The number of ether oxygens (including phenoxy) is 1. The third kappa shape index (κ3) is 4.23. The largest absolute Gasteiger partial charge is 0.465 e. The zero-order chi connectivity index (χ0) is 18.1. The molecule has 2 rings (SSSR count). The summed E-state index contributed by atoms with van der Waals surface area (Å²) in [6.07, 6.45) is -0.537. The smallest absolute Gasteiger partial charge is 0.409 e. The molecule has 1 aliphatic rings. The Morgan fingerprint density at radius 3 is 2.33 bits per heavy atom. The normalized spacial score (nSPS) is 23.1. The van der Waals surface area contributed by atoms with Gasteiger partial charge in [0.1, 0.15) is 11.6 Å². The number of hydrogen-bond acceptors (Lipinski definition) is 4. The van der Waals surface area contributed by atoms with Gasteiger partial charge in [-0.2, -0.15) is 0 Å². The summed E-state index contributed by atoms with van der Waals surface area (Å²) in [5.41, 5.74) is 0.390. The number of amides is 1. The Kier molecular flexibility index (Phi) is 5.18. The number of hydrogen-bond donors (Lipinski definition) is 1. The van der Waals surface area contributed by atoms with Gasteiger partial charge in [0.2, 0.25) is 0 Å². The van der Waals surface area contributed by atoms with Crippen molar-refractivity contribution in [1.82, 2.24) is 4.90 Å². The molecule has 1 fully saturated rings. The Morgan fingerprint density at radius 2 is 1.83 bits per heavy atom. The molecule has 1 N–H and O–H groups in total. The van der Waals surface area contributed by atoms with Gasteiger partial charge in [0.05, 0.1) is 5.37 Å². The van der Waals surface area contributed by atoms with Crippen molar-refractivity contribution in [3.8, 4) is 0 Å². The van der Waals surface area contributed by atoms with E-state index in [0.29, 0.717) is 6.42 Å². The summed E-state index contributed by atoms with van der Waals surface area (Å²) in [6.45, 7) is 9.14. The molecular formula is C18H25NO4S. The molecule has 1 saturated heterocycles. The van der Waals surface area contributed by atoms with E-state index in [1.807, 2.05) is 44.2 Å². The average Bonchev–Trinajstić information content (AvgIpc) is 2.68. The van der Waals surface area contributed by atoms with E-state index in [0.717, 1.165) is 5.56 Å². The first kappa shape index (κ1) is 18.6. The number of carbonyl (C=O) groups excluding carboxylic acids is 1. The maximum atomic E-state index is 12.6. The summed E-state index contributed by atoms with van der Waals surface area (Å²) in [5, 5.41) is 9.39. The first-order chi connectivity index (χ1) is 11.0. The summed E-state index contributed by atoms with van der Waals surface area (Å²) in [7, 11) is 0. The highest BCUT2D eigenvalue weighted by Gasteiger charge is 2.54.